The number of benzene rings is 3. The molecule has 0 aliphatic carbocycles. The molecule has 34 heavy (non-hydrogen) atoms. The zero-order valence-corrected chi connectivity index (χ0v) is 19.7. The Kier molecular flexibility index (Phi) is 6.93. The summed E-state index contributed by atoms with van der Waals surface area (Å²) in [5.41, 5.74) is 5.92. The van der Waals surface area contributed by atoms with Crippen molar-refractivity contribution >= 4 is 17.6 Å². The van der Waals surface area contributed by atoms with Crippen LogP contribution in [0.4, 0.5) is 5.69 Å². The number of nitrogens with one attached hydrogen (secondary N) is 1. The van der Waals surface area contributed by atoms with Crippen molar-refractivity contribution in [2.24, 2.45) is 0 Å². The molecule has 1 aromatic heterocycles. The summed E-state index contributed by atoms with van der Waals surface area (Å²) in [5.74, 6) is -0.682. The van der Waals surface area contributed by atoms with Crippen LogP contribution in [0.3, 0.4) is 0 Å². The number of aromatic nitrogens is 1. The van der Waals surface area contributed by atoms with E-state index in [4.69, 9.17) is 4.74 Å². The van der Waals surface area contributed by atoms with Crippen LogP contribution in [0.25, 0.3) is 11.1 Å². The van der Waals surface area contributed by atoms with Crippen LogP contribution in [0.1, 0.15) is 44.6 Å². The summed E-state index contributed by atoms with van der Waals surface area (Å²) in [6, 6.07) is 27.5. The molecule has 0 fully saturated rings. The molecule has 0 atom stereocenters. The van der Waals surface area contributed by atoms with Crippen molar-refractivity contribution in [2.45, 2.75) is 27.3 Å². The lowest BCUT2D eigenvalue weighted by molar-refractivity contribution is 0.0513. The molecular weight excluding hydrogens is 424 g/mol. The Morgan fingerprint density at radius 3 is 2.15 bits per heavy atom. The van der Waals surface area contributed by atoms with E-state index in [2.05, 4.69) is 5.32 Å². The summed E-state index contributed by atoms with van der Waals surface area (Å²) in [5, 5.41) is 3.08. The number of amides is 1. The molecule has 0 aliphatic rings. The van der Waals surface area contributed by atoms with Crippen molar-refractivity contribution in [2.75, 3.05) is 11.9 Å². The highest BCUT2D eigenvalue weighted by Gasteiger charge is 2.27. The van der Waals surface area contributed by atoms with Crippen molar-refractivity contribution in [3.8, 4) is 11.1 Å². The number of hydrogen-bond donors (Lipinski definition) is 1. The van der Waals surface area contributed by atoms with E-state index in [1.54, 1.807) is 13.8 Å². The van der Waals surface area contributed by atoms with Crippen molar-refractivity contribution < 1.29 is 14.3 Å². The number of ether oxygens (including phenoxy) is 1. The van der Waals surface area contributed by atoms with Crippen molar-refractivity contribution in [1.29, 1.82) is 0 Å². The van der Waals surface area contributed by atoms with Crippen LogP contribution >= 0.6 is 0 Å². The molecule has 0 bridgehead atoms. The molecule has 5 nitrogen and oxygen atoms in total. The molecule has 1 amide bonds. The Morgan fingerprint density at radius 2 is 1.47 bits per heavy atom. The summed E-state index contributed by atoms with van der Waals surface area (Å²) in [6.45, 7) is 6.18. The van der Waals surface area contributed by atoms with Crippen molar-refractivity contribution in [3.05, 3.63) is 113 Å². The lowest BCUT2D eigenvalue weighted by Crippen LogP contribution is -2.15. The molecule has 4 aromatic rings. The van der Waals surface area contributed by atoms with E-state index in [0.29, 0.717) is 29.1 Å². The maximum atomic E-state index is 13.6. The number of carbonyl (C=O) groups excluding carboxylic acids is 2. The Labute approximate surface area is 200 Å². The molecule has 0 aliphatic heterocycles. The van der Waals surface area contributed by atoms with Crippen LogP contribution in [0, 0.1) is 13.8 Å². The minimum atomic E-state index is -0.428. The molecule has 3 aromatic carbocycles. The molecule has 5 heteroatoms. The van der Waals surface area contributed by atoms with Crippen LogP contribution in [0.15, 0.2) is 84.9 Å². The third kappa shape index (κ3) is 4.64. The molecule has 4 rings (SSSR count). The Bertz CT molecular complexity index is 1310. The normalized spacial score (nSPS) is 10.7. The highest BCUT2D eigenvalue weighted by atomic mass is 16.5. The van der Waals surface area contributed by atoms with Crippen molar-refractivity contribution in [3.63, 3.8) is 0 Å². The number of nitrogens with zero attached hydrogens (tertiary/aromatic N) is 1. The van der Waals surface area contributed by atoms with Crippen LogP contribution in [0.2, 0.25) is 0 Å². The quantitative estimate of drug-likeness (QED) is 0.337. The van der Waals surface area contributed by atoms with Gasteiger partial charge in [0.05, 0.1) is 12.2 Å². The Morgan fingerprint density at radius 1 is 0.853 bits per heavy atom. The number of hydrogen-bond acceptors (Lipinski definition) is 3. The summed E-state index contributed by atoms with van der Waals surface area (Å²) in [4.78, 5) is 26.4. The monoisotopic (exact) mass is 452 g/mol. The van der Waals surface area contributed by atoms with E-state index in [-0.39, 0.29) is 12.5 Å². The molecule has 0 saturated carbocycles. The number of anilines is 1. The van der Waals surface area contributed by atoms with E-state index in [1.165, 1.54) is 0 Å². The second-order valence-electron chi connectivity index (χ2n) is 8.09. The summed E-state index contributed by atoms with van der Waals surface area (Å²) >= 11 is 0. The van der Waals surface area contributed by atoms with E-state index in [9.17, 15) is 9.59 Å². The third-order valence-corrected chi connectivity index (χ3v) is 5.91. The molecule has 1 heterocycles. The summed E-state index contributed by atoms with van der Waals surface area (Å²) in [7, 11) is 0. The Hall–Kier alpha value is -4.12. The van der Waals surface area contributed by atoms with E-state index >= 15 is 0 Å². The van der Waals surface area contributed by atoms with E-state index < -0.39 is 5.97 Å². The lowest BCUT2D eigenvalue weighted by atomic mass is 10.0. The SMILES string of the molecule is CCOC(=O)c1c(C)c(C(=O)Nc2ccccc2-c2ccccc2)c(C)n1Cc1ccccc1. The fraction of sp³-hybridized carbons (Fsp3) is 0.172. The molecule has 0 saturated heterocycles. The average molecular weight is 453 g/mol. The third-order valence-electron chi connectivity index (χ3n) is 5.91. The zero-order chi connectivity index (χ0) is 24.1. The van der Waals surface area contributed by atoms with Gasteiger partial charge in [-0.3, -0.25) is 4.79 Å². The van der Waals surface area contributed by atoms with Gasteiger partial charge in [-0.2, -0.15) is 0 Å². The standard InChI is InChI=1S/C29H28N2O3/c1-4-34-29(33)27-20(2)26(21(3)31(27)19-22-13-7-5-8-14-22)28(32)30-25-18-12-11-17-24(25)23-15-9-6-10-16-23/h5-18H,4,19H2,1-3H3,(H,30,32). The van der Waals surface area contributed by atoms with Gasteiger partial charge in [0.15, 0.2) is 0 Å². The fourth-order valence-electron chi connectivity index (χ4n) is 4.30. The van der Waals surface area contributed by atoms with Gasteiger partial charge in [-0.25, -0.2) is 4.79 Å². The minimum Gasteiger partial charge on any atom is -0.461 e. The largest absolute Gasteiger partial charge is 0.461 e. The summed E-state index contributed by atoms with van der Waals surface area (Å²) < 4.78 is 7.21. The molecule has 1 N–H and O–H groups in total. The molecule has 172 valence electrons. The van der Waals surface area contributed by atoms with Gasteiger partial charge >= 0.3 is 5.97 Å². The first kappa shape index (κ1) is 23.1. The molecular formula is C29H28N2O3. The highest BCUT2D eigenvalue weighted by molar-refractivity contribution is 6.09. The predicted octanol–water partition coefficient (Wildman–Crippen LogP) is 6.25. The van der Waals surface area contributed by atoms with Gasteiger partial charge in [-0.15, -0.1) is 0 Å². The van der Waals surface area contributed by atoms with E-state index in [1.807, 2.05) is 96.4 Å². The Balaban J connectivity index is 1.74. The van der Waals surface area contributed by atoms with Gasteiger partial charge in [-0.1, -0.05) is 78.9 Å². The maximum Gasteiger partial charge on any atom is 0.355 e. The number of esters is 1. The lowest BCUT2D eigenvalue weighted by Gasteiger charge is -2.13. The van der Waals surface area contributed by atoms with Crippen LogP contribution < -0.4 is 5.32 Å². The average Bonchev–Trinajstić information content (AvgIpc) is 3.10. The predicted molar refractivity (Wildman–Crippen MR) is 135 cm³/mol. The second kappa shape index (κ2) is 10.2. The fourth-order valence-corrected chi connectivity index (χ4v) is 4.30. The van der Waals surface area contributed by atoms with Gasteiger partial charge in [0.2, 0.25) is 0 Å². The van der Waals surface area contributed by atoms with Gasteiger partial charge in [0.25, 0.3) is 5.91 Å². The van der Waals surface area contributed by atoms with Gasteiger partial charge < -0.3 is 14.6 Å². The zero-order valence-electron chi connectivity index (χ0n) is 19.7. The van der Waals surface area contributed by atoms with Crippen LogP contribution in [0.5, 0.6) is 0 Å². The molecule has 0 spiro atoms. The first-order chi connectivity index (χ1) is 16.5. The number of para-hydroxylation sites is 1. The minimum absolute atomic E-state index is 0.254. The van der Waals surface area contributed by atoms with Crippen LogP contribution in [-0.4, -0.2) is 23.1 Å². The van der Waals surface area contributed by atoms with Gasteiger partial charge in [-0.05, 0) is 43.5 Å². The first-order valence-electron chi connectivity index (χ1n) is 11.4. The molecule has 0 unspecified atom stereocenters. The number of rotatable bonds is 7. The maximum absolute atomic E-state index is 13.6. The number of carbonyl (C=O) groups is 2. The van der Waals surface area contributed by atoms with Gasteiger partial charge in [0, 0.05) is 23.5 Å². The smallest absolute Gasteiger partial charge is 0.355 e. The van der Waals surface area contributed by atoms with E-state index in [0.717, 1.165) is 22.4 Å². The topological polar surface area (TPSA) is 60.3 Å². The summed E-state index contributed by atoms with van der Waals surface area (Å²) in [6.07, 6.45) is 0. The molecule has 0 radical (unpaired) electrons. The second-order valence-corrected chi connectivity index (χ2v) is 8.09. The van der Waals surface area contributed by atoms with Crippen molar-refractivity contribution in [1.82, 2.24) is 4.57 Å². The highest BCUT2D eigenvalue weighted by Crippen LogP contribution is 2.30. The van der Waals surface area contributed by atoms with Gasteiger partial charge in [0.1, 0.15) is 5.69 Å². The first-order valence-corrected chi connectivity index (χ1v) is 11.4. The van der Waals surface area contributed by atoms with Crippen LogP contribution in [-0.2, 0) is 11.3 Å².